The van der Waals surface area contributed by atoms with Gasteiger partial charge in [0, 0.05) is 25.6 Å². The van der Waals surface area contributed by atoms with Gasteiger partial charge in [0.1, 0.15) is 0 Å². The first-order valence-electron chi connectivity index (χ1n) is 6.06. The summed E-state index contributed by atoms with van der Waals surface area (Å²) in [6, 6.07) is 1.92. The fourth-order valence-electron chi connectivity index (χ4n) is 2.28. The monoisotopic (exact) mass is 238 g/mol. The Kier molecular flexibility index (Phi) is 3.78. The first kappa shape index (κ1) is 12.1. The number of carbonyl (C=O) groups is 1. The van der Waals surface area contributed by atoms with Gasteiger partial charge < -0.3 is 14.5 Å². The summed E-state index contributed by atoms with van der Waals surface area (Å²) >= 11 is 0. The lowest BCUT2D eigenvalue weighted by atomic mass is 10.1. The summed E-state index contributed by atoms with van der Waals surface area (Å²) in [6.45, 7) is 2.71. The second-order valence-corrected chi connectivity index (χ2v) is 4.44. The maximum atomic E-state index is 11.9. The van der Waals surface area contributed by atoms with E-state index in [-0.39, 0.29) is 18.6 Å². The molecule has 0 spiro atoms. The van der Waals surface area contributed by atoms with Gasteiger partial charge in [0.25, 0.3) is 0 Å². The summed E-state index contributed by atoms with van der Waals surface area (Å²) < 4.78 is 5.24. The molecule has 1 N–H and O–H groups in total. The number of aromatic nitrogens is 1. The number of amides is 1. The van der Waals surface area contributed by atoms with Gasteiger partial charge in [0.15, 0.2) is 5.76 Å². The molecule has 1 aromatic heterocycles. The molecule has 0 bridgehead atoms. The molecule has 1 atom stereocenters. The smallest absolute Gasteiger partial charge is 0.223 e. The van der Waals surface area contributed by atoms with Crippen LogP contribution in [0.25, 0.3) is 0 Å². The zero-order valence-corrected chi connectivity index (χ0v) is 10.1. The van der Waals surface area contributed by atoms with E-state index in [1.807, 2.05) is 17.9 Å². The van der Waals surface area contributed by atoms with E-state index in [9.17, 15) is 4.79 Å². The van der Waals surface area contributed by atoms with Crippen molar-refractivity contribution < 1.29 is 14.4 Å². The van der Waals surface area contributed by atoms with E-state index < -0.39 is 0 Å². The molecule has 0 radical (unpaired) electrons. The molecule has 0 saturated carbocycles. The molecule has 1 aromatic rings. The van der Waals surface area contributed by atoms with Crippen molar-refractivity contribution in [2.45, 2.75) is 38.6 Å². The standard InChI is InChI=1S/C12H18N2O3/c1-9-8-11(17-13-9)10-4-2-6-14(10)12(16)5-3-7-15/h8,10,15H,2-7H2,1H3. The van der Waals surface area contributed by atoms with E-state index in [0.717, 1.165) is 30.8 Å². The first-order chi connectivity index (χ1) is 8.22. The highest BCUT2D eigenvalue weighted by Crippen LogP contribution is 2.32. The van der Waals surface area contributed by atoms with Crippen molar-refractivity contribution in [2.24, 2.45) is 0 Å². The molecule has 5 nitrogen and oxygen atoms in total. The van der Waals surface area contributed by atoms with Crippen LogP contribution in [0, 0.1) is 6.92 Å². The van der Waals surface area contributed by atoms with Gasteiger partial charge in [-0.2, -0.15) is 0 Å². The number of aliphatic hydroxyl groups is 1. The second-order valence-electron chi connectivity index (χ2n) is 4.44. The molecule has 1 aliphatic heterocycles. The number of rotatable bonds is 4. The van der Waals surface area contributed by atoms with E-state index in [4.69, 9.17) is 9.63 Å². The third-order valence-electron chi connectivity index (χ3n) is 3.10. The highest BCUT2D eigenvalue weighted by atomic mass is 16.5. The Morgan fingerprint density at radius 3 is 3.18 bits per heavy atom. The molecule has 1 saturated heterocycles. The lowest BCUT2D eigenvalue weighted by Gasteiger charge is -2.22. The van der Waals surface area contributed by atoms with E-state index >= 15 is 0 Å². The van der Waals surface area contributed by atoms with E-state index in [0.29, 0.717) is 12.8 Å². The van der Waals surface area contributed by atoms with Crippen molar-refractivity contribution in [1.82, 2.24) is 10.1 Å². The number of nitrogens with zero attached hydrogens (tertiary/aromatic N) is 2. The molecule has 2 heterocycles. The maximum Gasteiger partial charge on any atom is 0.223 e. The molecular formula is C12H18N2O3. The van der Waals surface area contributed by atoms with Crippen LogP contribution in [0.15, 0.2) is 10.6 Å². The van der Waals surface area contributed by atoms with Gasteiger partial charge in [-0.05, 0) is 26.2 Å². The summed E-state index contributed by atoms with van der Waals surface area (Å²) in [5.41, 5.74) is 0.842. The zero-order valence-electron chi connectivity index (χ0n) is 10.1. The largest absolute Gasteiger partial charge is 0.396 e. The predicted molar refractivity (Wildman–Crippen MR) is 61.2 cm³/mol. The van der Waals surface area contributed by atoms with Crippen LogP contribution in [0.3, 0.4) is 0 Å². The van der Waals surface area contributed by atoms with Gasteiger partial charge in [0.05, 0.1) is 11.7 Å². The summed E-state index contributed by atoms with van der Waals surface area (Å²) in [6.07, 6.45) is 2.85. The van der Waals surface area contributed by atoms with Gasteiger partial charge >= 0.3 is 0 Å². The molecule has 17 heavy (non-hydrogen) atoms. The van der Waals surface area contributed by atoms with E-state index in [2.05, 4.69) is 5.16 Å². The van der Waals surface area contributed by atoms with Crippen molar-refractivity contribution in [3.63, 3.8) is 0 Å². The SMILES string of the molecule is Cc1cc(C2CCCN2C(=O)CCCO)on1. The van der Waals surface area contributed by atoms with Crippen molar-refractivity contribution in [3.8, 4) is 0 Å². The molecule has 0 aromatic carbocycles. The van der Waals surface area contributed by atoms with Crippen LogP contribution >= 0.6 is 0 Å². The van der Waals surface area contributed by atoms with Crippen molar-refractivity contribution in [2.75, 3.05) is 13.2 Å². The first-order valence-corrected chi connectivity index (χ1v) is 6.06. The minimum absolute atomic E-state index is 0.0300. The van der Waals surface area contributed by atoms with Crippen LogP contribution in [-0.2, 0) is 4.79 Å². The summed E-state index contributed by atoms with van der Waals surface area (Å²) in [5, 5.41) is 12.6. The summed E-state index contributed by atoms with van der Waals surface area (Å²) in [7, 11) is 0. The molecule has 1 fully saturated rings. The van der Waals surface area contributed by atoms with Gasteiger partial charge in [-0.3, -0.25) is 4.79 Å². The van der Waals surface area contributed by atoms with Crippen molar-refractivity contribution in [3.05, 3.63) is 17.5 Å². The van der Waals surface area contributed by atoms with E-state index in [1.165, 1.54) is 0 Å². The van der Waals surface area contributed by atoms with Gasteiger partial charge in [0.2, 0.25) is 5.91 Å². The summed E-state index contributed by atoms with van der Waals surface area (Å²) in [5.74, 6) is 0.868. The Labute approximate surface area is 100 Å². The molecule has 1 amide bonds. The highest BCUT2D eigenvalue weighted by Gasteiger charge is 2.31. The highest BCUT2D eigenvalue weighted by molar-refractivity contribution is 5.76. The maximum absolute atomic E-state index is 11.9. The van der Waals surface area contributed by atoms with Crippen LogP contribution in [0.4, 0.5) is 0 Å². The number of aliphatic hydroxyl groups excluding tert-OH is 1. The van der Waals surface area contributed by atoms with Gasteiger partial charge in [-0.15, -0.1) is 0 Å². The third kappa shape index (κ3) is 2.66. The number of hydrogen-bond acceptors (Lipinski definition) is 4. The van der Waals surface area contributed by atoms with Crippen LogP contribution in [0.2, 0.25) is 0 Å². The summed E-state index contributed by atoms with van der Waals surface area (Å²) in [4.78, 5) is 13.8. The molecule has 94 valence electrons. The topological polar surface area (TPSA) is 66.6 Å². The minimum atomic E-state index is 0.0300. The Bertz CT molecular complexity index is 389. The number of aryl methyl sites for hydroxylation is 1. The normalized spacial score (nSPS) is 19.9. The molecule has 1 unspecified atom stereocenters. The van der Waals surface area contributed by atoms with Crippen LogP contribution < -0.4 is 0 Å². The van der Waals surface area contributed by atoms with Crippen LogP contribution in [-0.4, -0.2) is 34.2 Å². The van der Waals surface area contributed by atoms with Crippen molar-refractivity contribution >= 4 is 5.91 Å². The quantitative estimate of drug-likeness (QED) is 0.861. The van der Waals surface area contributed by atoms with Crippen LogP contribution in [0.1, 0.15) is 43.2 Å². The van der Waals surface area contributed by atoms with Crippen molar-refractivity contribution in [1.29, 1.82) is 0 Å². The Balaban J connectivity index is 2.04. The van der Waals surface area contributed by atoms with Gasteiger partial charge in [-0.25, -0.2) is 0 Å². The third-order valence-corrected chi connectivity index (χ3v) is 3.10. The molecule has 2 rings (SSSR count). The fraction of sp³-hybridized carbons (Fsp3) is 0.667. The molecule has 1 aliphatic rings. The minimum Gasteiger partial charge on any atom is -0.396 e. The lowest BCUT2D eigenvalue weighted by molar-refractivity contribution is -0.132. The number of carbonyl (C=O) groups excluding carboxylic acids is 1. The van der Waals surface area contributed by atoms with Crippen LogP contribution in [0.5, 0.6) is 0 Å². The van der Waals surface area contributed by atoms with E-state index in [1.54, 1.807) is 0 Å². The Morgan fingerprint density at radius 2 is 2.53 bits per heavy atom. The lowest BCUT2D eigenvalue weighted by Crippen LogP contribution is -2.30. The predicted octanol–water partition coefficient (Wildman–Crippen LogP) is 1.42. The Hall–Kier alpha value is -1.36. The number of likely N-dealkylation sites (tertiary alicyclic amines) is 1. The Morgan fingerprint density at radius 1 is 1.71 bits per heavy atom. The molecular weight excluding hydrogens is 220 g/mol. The molecule has 0 aliphatic carbocycles. The fourth-order valence-corrected chi connectivity index (χ4v) is 2.28. The second kappa shape index (κ2) is 5.31. The van der Waals surface area contributed by atoms with Gasteiger partial charge in [-0.1, -0.05) is 5.16 Å². The number of hydrogen-bond donors (Lipinski definition) is 1. The molecule has 5 heteroatoms. The zero-order chi connectivity index (χ0) is 12.3. The average Bonchev–Trinajstić information content (AvgIpc) is 2.93. The average molecular weight is 238 g/mol.